The maximum atomic E-state index is 6.08. The van der Waals surface area contributed by atoms with Crippen molar-refractivity contribution in [1.82, 2.24) is 9.88 Å². The van der Waals surface area contributed by atoms with E-state index in [0.717, 1.165) is 18.9 Å². The quantitative estimate of drug-likeness (QED) is 0.893. The molecular formula is C14H21Cl2N3. The number of aromatic nitrogens is 1. The van der Waals surface area contributed by atoms with E-state index in [4.69, 9.17) is 23.2 Å². The van der Waals surface area contributed by atoms with Gasteiger partial charge < -0.3 is 10.2 Å². The summed E-state index contributed by atoms with van der Waals surface area (Å²) in [4.78, 5) is 6.76. The molecule has 1 aliphatic rings. The number of hydrogen-bond donors (Lipinski definition) is 1. The molecule has 1 aromatic heterocycles. The highest BCUT2D eigenvalue weighted by Gasteiger charge is 2.13. The lowest BCUT2D eigenvalue weighted by Crippen LogP contribution is -2.35. The minimum absolute atomic E-state index is 0.567. The van der Waals surface area contributed by atoms with E-state index < -0.39 is 0 Å². The molecule has 0 aromatic carbocycles. The first kappa shape index (κ1) is 14.9. The smallest absolute Gasteiger partial charge is 0.144 e. The van der Waals surface area contributed by atoms with E-state index in [1.165, 1.54) is 32.4 Å². The van der Waals surface area contributed by atoms with Crippen LogP contribution in [0.5, 0.6) is 0 Å². The molecule has 1 N–H and O–H groups in total. The minimum Gasteiger partial charge on any atom is -0.369 e. The summed E-state index contributed by atoms with van der Waals surface area (Å²) in [5, 5.41) is 4.45. The van der Waals surface area contributed by atoms with Crippen LogP contribution in [-0.2, 0) is 0 Å². The second-order valence-electron chi connectivity index (χ2n) is 5.33. The monoisotopic (exact) mass is 301 g/mol. The molecule has 0 spiro atoms. The highest BCUT2D eigenvalue weighted by Crippen LogP contribution is 2.22. The third kappa shape index (κ3) is 4.83. The number of piperidine rings is 1. The predicted molar refractivity (Wildman–Crippen MR) is 82.2 cm³/mol. The maximum Gasteiger partial charge on any atom is 0.144 e. The molecule has 1 unspecified atom stereocenters. The summed E-state index contributed by atoms with van der Waals surface area (Å²) in [6, 6.07) is 1.72. The number of nitrogens with zero attached hydrogens (tertiary/aromatic N) is 2. The van der Waals surface area contributed by atoms with Crippen molar-refractivity contribution in [3.8, 4) is 0 Å². The Morgan fingerprint density at radius 3 is 2.74 bits per heavy atom. The van der Waals surface area contributed by atoms with Crippen LogP contribution in [0.25, 0.3) is 0 Å². The number of anilines is 1. The lowest BCUT2D eigenvalue weighted by atomic mass is 10.1. The van der Waals surface area contributed by atoms with Crippen molar-refractivity contribution in [1.29, 1.82) is 0 Å². The van der Waals surface area contributed by atoms with Gasteiger partial charge in [-0.15, -0.1) is 0 Å². The van der Waals surface area contributed by atoms with Crippen molar-refractivity contribution < 1.29 is 0 Å². The molecule has 0 aliphatic carbocycles. The fourth-order valence-electron chi connectivity index (χ4n) is 2.46. The Bertz CT molecular complexity index is 406. The van der Waals surface area contributed by atoms with Gasteiger partial charge in [-0.3, -0.25) is 0 Å². The van der Waals surface area contributed by atoms with Gasteiger partial charge in [-0.05, 0) is 37.9 Å². The molecule has 106 valence electrons. The molecule has 2 heterocycles. The summed E-state index contributed by atoms with van der Waals surface area (Å²) in [6.07, 6.45) is 5.67. The standard InChI is InChI=1S/C14H21Cl2N3/c1-11(10-19-5-3-2-4-6-19)8-17-14-13(16)7-12(15)9-18-14/h7,9,11H,2-6,8,10H2,1H3,(H,17,18). The predicted octanol–water partition coefficient (Wildman–Crippen LogP) is 3.92. The van der Waals surface area contributed by atoms with E-state index in [0.29, 0.717) is 16.0 Å². The van der Waals surface area contributed by atoms with Crippen molar-refractivity contribution in [2.45, 2.75) is 26.2 Å². The zero-order valence-corrected chi connectivity index (χ0v) is 12.8. The van der Waals surface area contributed by atoms with Crippen LogP contribution in [0.3, 0.4) is 0 Å². The first-order valence-corrected chi connectivity index (χ1v) is 7.68. The van der Waals surface area contributed by atoms with Gasteiger partial charge in [0.2, 0.25) is 0 Å². The molecule has 1 aliphatic heterocycles. The average molecular weight is 302 g/mol. The molecule has 0 amide bonds. The van der Waals surface area contributed by atoms with E-state index in [2.05, 4.69) is 22.1 Å². The molecule has 0 bridgehead atoms. The van der Waals surface area contributed by atoms with Gasteiger partial charge in [0.1, 0.15) is 5.82 Å². The van der Waals surface area contributed by atoms with E-state index in [-0.39, 0.29) is 0 Å². The van der Waals surface area contributed by atoms with Crippen LogP contribution in [0.1, 0.15) is 26.2 Å². The number of pyridine rings is 1. The molecule has 1 atom stereocenters. The summed E-state index contributed by atoms with van der Waals surface area (Å²) in [7, 11) is 0. The zero-order valence-electron chi connectivity index (χ0n) is 11.3. The first-order chi connectivity index (χ1) is 9.15. The van der Waals surface area contributed by atoms with Crippen molar-refractivity contribution in [2.75, 3.05) is 31.5 Å². The lowest BCUT2D eigenvalue weighted by Gasteiger charge is -2.29. The molecule has 3 nitrogen and oxygen atoms in total. The molecule has 2 rings (SSSR count). The Hall–Kier alpha value is -0.510. The molecule has 5 heteroatoms. The molecule has 1 saturated heterocycles. The minimum atomic E-state index is 0.567. The van der Waals surface area contributed by atoms with Crippen LogP contribution >= 0.6 is 23.2 Å². The Balaban J connectivity index is 1.77. The summed E-state index contributed by atoms with van der Waals surface area (Å²) < 4.78 is 0. The second kappa shape index (κ2) is 7.32. The summed E-state index contributed by atoms with van der Waals surface area (Å²) in [5.41, 5.74) is 0. The Labute approximate surface area is 125 Å². The lowest BCUT2D eigenvalue weighted by molar-refractivity contribution is 0.204. The maximum absolute atomic E-state index is 6.08. The largest absolute Gasteiger partial charge is 0.369 e. The van der Waals surface area contributed by atoms with Crippen LogP contribution in [0.2, 0.25) is 10.0 Å². The zero-order chi connectivity index (χ0) is 13.7. The Morgan fingerprint density at radius 1 is 1.32 bits per heavy atom. The SMILES string of the molecule is CC(CNc1ncc(Cl)cc1Cl)CN1CCCCC1. The van der Waals surface area contributed by atoms with Gasteiger partial charge in [0, 0.05) is 19.3 Å². The normalized spacial score (nSPS) is 18.3. The number of rotatable bonds is 5. The molecule has 1 aromatic rings. The van der Waals surface area contributed by atoms with E-state index in [1.54, 1.807) is 12.3 Å². The van der Waals surface area contributed by atoms with Gasteiger partial charge in [0.25, 0.3) is 0 Å². The van der Waals surface area contributed by atoms with E-state index in [1.807, 2.05) is 0 Å². The molecular weight excluding hydrogens is 281 g/mol. The number of likely N-dealkylation sites (tertiary alicyclic amines) is 1. The van der Waals surface area contributed by atoms with Crippen LogP contribution in [0.4, 0.5) is 5.82 Å². The fourth-order valence-corrected chi connectivity index (χ4v) is 2.91. The van der Waals surface area contributed by atoms with Crippen molar-refractivity contribution in [3.05, 3.63) is 22.3 Å². The van der Waals surface area contributed by atoms with Crippen LogP contribution in [-0.4, -0.2) is 36.1 Å². The number of hydrogen-bond acceptors (Lipinski definition) is 3. The van der Waals surface area contributed by atoms with Gasteiger partial charge in [0.05, 0.1) is 10.0 Å². The summed E-state index contributed by atoms with van der Waals surface area (Å²) >= 11 is 11.9. The molecule has 0 saturated carbocycles. The average Bonchev–Trinajstić information content (AvgIpc) is 2.39. The molecule has 1 fully saturated rings. The second-order valence-corrected chi connectivity index (χ2v) is 6.17. The van der Waals surface area contributed by atoms with Gasteiger partial charge >= 0.3 is 0 Å². The highest BCUT2D eigenvalue weighted by atomic mass is 35.5. The summed E-state index contributed by atoms with van der Waals surface area (Å²) in [6.45, 7) is 6.75. The van der Waals surface area contributed by atoms with Gasteiger partial charge in [-0.1, -0.05) is 36.5 Å². The Morgan fingerprint density at radius 2 is 2.05 bits per heavy atom. The number of halogens is 2. The third-order valence-corrected chi connectivity index (χ3v) is 3.94. The van der Waals surface area contributed by atoms with Gasteiger partial charge in [-0.25, -0.2) is 4.98 Å². The Kier molecular flexibility index (Phi) is 5.74. The van der Waals surface area contributed by atoms with Crippen LogP contribution in [0.15, 0.2) is 12.3 Å². The molecule has 0 radical (unpaired) electrons. The molecule has 19 heavy (non-hydrogen) atoms. The highest BCUT2D eigenvalue weighted by molar-refractivity contribution is 6.35. The van der Waals surface area contributed by atoms with Gasteiger partial charge in [0.15, 0.2) is 0 Å². The van der Waals surface area contributed by atoms with E-state index in [9.17, 15) is 0 Å². The van der Waals surface area contributed by atoms with Crippen LogP contribution in [0, 0.1) is 5.92 Å². The third-order valence-electron chi connectivity index (χ3n) is 3.44. The van der Waals surface area contributed by atoms with Crippen LogP contribution < -0.4 is 5.32 Å². The summed E-state index contributed by atoms with van der Waals surface area (Å²) in [5.74, 6) is 1.29. The van der Waals surface area contributed by atoms with Crippen molar-refractivity contribution >= 4 is 29.0 Å². The van der Waals surface area contributed by atoms with Crippen molar-refractivity contribution in [2.24, 2.45) is 5.92 Å². The van der Waals surface area contributed by atoms with E-state index >= 15 is 0 Å². The van der Waals surface area contributed by atoms with Crippen molar-refractivity contribution in [3.63, 3.8) is 0 Å². The fraction of sp³-hybridized carbons (Fsp3) is 0.643. The number of nitrogens with one attached hydrogen (secondary N) is 1. The first-order valence-electron chi connectivity index (χ1n) is 6.92. The topological polar surface area (TPSA) is 28.2 Å². The van der Waals surface area contributed by atoms with Gasteiger partial charge in [-0.2, -0.15) is 0 Å².